The van der Waals surface area contributed by atoms with E-state index >= 15 is 0 Å². The summed E-state index contributed by atoms with van der Waals surface area (Å²) in [6.07, 6.45) is 4.52. The monoisotopic (exact) mass is 212 g/mol. The van der Waals surface area contributed by atoms with Crippen LogP contribution in [0.4, 0.5) is 6.01 Å². The minimum Gasteiger partial charge on any atom is -0.476 e. The molecule has 0 unspecified atom stereocenters. The van der Waals surface area contributed by atoms with Crippen LogP contribution in [0.2, 0.25) is 0 Å². The second kappa shape index (κ2) is 5.38. The number of aromatic carboxylic acids is 1. The van der Waals surface area contributed by atoms with Crippen molar-refractivity contribution in [2.75, 3.05) is 18.5 Å². The molecule has 15 heavy (non-hydrogen) atoms. The molecule has 0 radical (unpaired) electrons. The van der Waals surface area contributed by atoms with Crippen LogP contribution in [0, 0.1) is 0 Å². The Morgan fingerprint density at radius 1 is 1.60 bits per heavy atom. The zero-order chi connectivity index (χ0) is 11.3. The van der Waals surface area contributed by atoms with E-state index in [1.807, 2.05) is 11.9 Å². The van der Waals surface area contributed by atoms with Crippen LogP contribution in [0.1, 0.15) is 36.7 Å². The van der Waals surface area contributed by atoms with Gasteiger partial charge in [0.25, 0.3) is 6.01 Å². The third-order valence-electron chi connectivity index (χ3n) is 2.13. The van der Waals surface area contributed by atoms with E-state index in [0.717, 1.165) is 32.1 Å². The highest BCUT2D eigenvalue weighted by Crippen LogP contribution is 2.12. The van der Waals surface area contributed by atoms with Gasteiger partial charge in [0, 0.05) is 13.6 Å². The molecule has 0 fully saturated rings. The Hall–Kier alpha value is -1.52. The lowest BCUT2D eigenvalue weighted by Crippen LogP contribution is -2.18. The summed E-state index contributed by atoms with van der Waals surface area (Å²) in [5, 5.41) is 8.65. The Kier molecular flexibility index (Phi) is 4.15. The van der Waals surface area contributed by atoms with E-state index < -0.39 is 5.97 Å². The highest BCUT2D eigenvalue weighted by Gasteiger charge is 2.12. The summed E-state index contributed by atoms with van der Waals surface area (Å²) in [6, 6.07) is 0.364. The zero-order valence-corrected chi connectivity index (χ0v) is 9.06. The third-order valence-corrected chi connectivity index (χ3v) is 2.13. The average Bonchev–Trinajstić information content (AvgIpc) is 2.66. The van der Waals surface area contributed by atoms with E-state index in [2.05, 4.69) is 11.9 Å². The number of oxazole rings is 1. The number of carboxylic acids is 1. The Balaban J connectivity index is 2.50. The molecule has 0 bridgehead atoms. The standard InChI is InChI=1S/C10H16N2O3/c1-3-4-5-6-12(2)10-11-8(7-15-10)9(13)14/h7H,3-6H2,1-2H3,(H,13,14). The predicted octanol–water partition coefficient (Wildman–Crippen LogP) is 2.00. The first-order valence-corrected chi connectivity index (χ1v) is 5.05. The molecule has 0 saturated carbocycles. The summed E-state index contributed by atoms with van der Waals surface area (Å²) in [7, 11) is 1.84. The minimum atomic E-state index is -1.06. The average molecular weight is 212 g/mol. The number of nitrogens with zero attached hydrogens (tertiary/aromatic N) is 2. The molecule has 5 nitrogen and oxygen atoms in total. The topological polar surface area (TPSA) is 66.6 Å². The lowest BCUT2D eigenvalue weighted by molar-refractivity contribution is 0.0690. The molecule has 84 valence electrons. The Morgan fingerprint density at radius 2 is 2.33 bits per heavy atom. The van der Waals surface area contributed by atoms with Crippen LogP contribution in [0.25, 0.3) is 0 Å². The van der Waals surface area contributed by atoms with E-state index in [-0.39, 0.29) is 5.69 Å². The Labute approximate surface area is 88.7 Å². The van der Waals surface area contributed by atoms with E-state index in [9.17, 15) is 4.79 Å². The maximum absolute atomic E-state index is 10.6. The maximum Gasteiger partial charge on any atom is 0.357 e. The molecule has 0 aliphatic heterocycles. The van der Waals surface area contributed by atoms with Gasteiger partial charge in [0.2, 0.25) is 0 Å². The van der Waals surface area contributed by atoms with Crippen LogP contribution >= 0.6 is 0 Å². The molecule has 0 aliphatic carbocycles. The summed E-state index contributed by atoms with van der Waals surface area (Å²) in [6.45, 7) is 2.96. The summed E-state index contributed by atoms with van der Waals surface area (Å²) in [5.74, 6) is -1.06. The third kappa shape index (κ3) is 3.27. The van der Waals surface area contributed by atoms with Gasteiger partial charge >= 0.3 is 5.97 Å². The number of carbonyl (C=O) groups is 1. The van der Waals surface area contributed by atoms with Crippen LogP contribution in [0.5, 0.6) is 0 Å². The fraction of sp³-hybridized carbons (Fsp3) is 0.600. The molecule has 1 aromatic rings. The van der Waals surface area contributed by atoms with Gasteiger partial charge in [0.15, 0.2) is 5.69 Å². The van der Waals surface area contributed by atoms with Crippen molar-refractivity contribution in [1.29, 1.82) is 0 Å². The van der Waals surface area contributed by atoms with E-state index in [0.29, 0.717) is 6.01 Å². The van der Waals surface area contributed by atoms with Crippen molar-refractivity contribution in [2.24, 2.45) is 0 Å². The Bertz CT molecular complexity index is 322. The smallest absolute Gasteiger partial charge is 0.357 e. The van der Waals surface area contributed by atoms with Crippen LogP contribution < -0.4 is 4.90 Å². The Morgan fingerprint density at radius 3 is 2.87 bits per heavy atom. The van der Waals surface area contributed by atoms with Gasteiger partial charge in [-0.15, -0.1) is 0 Å². The second-order valence-electron chi connectivity index (χ2n) is 3.45. The number of anilines is 1. The second-order valence-corrected chi connectivity index (χ2v) is 3.45. The SMILES string of the molecule is CCCCCN(C)c1nc(C(=O)O)co1. The first-order chi connectivity index (χ1) is 7.15. The molecular weight excluding hydrogens is 196 g/mol. The van der Waals surface area contributed by atoms with Crippen LogP contribution in [-0.4, -0.2) is 29.7 Å². The van der Waals surface area contributed by atoms with Crippen molar-refractivity contribution in [3.63, 3.8) is 0 Å². The van der Waals surface area contributed by atoms with E-state index in [1.54, 1.807) is 0 Å². The number of aromatic nitrogens is 1. The largest absolute Gasteiger partial charge is 0.476 e. The van der Waals surface area contributed by atoms with Crippen molar-refractivity contribution in [1.82, 2.24) is 4.98 Å². The summed E-state index contributed by atoms with van der Waals surface area (Å²) in [4.78, 5) is 16.2. The first kappa shape index (κ1) is 11.6. The fourth-order valence-corrected chi connectivity index (χ4v) is 1.23. The number of unbranched alkanes of at least 4 members (excludes halogenated alkanes) is 2. The number of hydrogen-bond donors (Lipinski definition) is 1. The van der Waals surface area contributed by atoms with Gasteiger partial charge in [-0.25, -0.2) is 4.79 Å². The van der Waals surface area contributed by atoms with Crippen LogP contribution in [0.3, 0.4) is 0 Å². The predicted molar refractivity (Wildman–Crippen MR) is 56.3 cm³/mol. The molecule has 5 heteroatoms. The van der Waals surface area contributed by atoms with E-state index in [1.165, 1.54) is 0 Å². The van der Waals surface area contributed by atoms with Crippen molar-refractivity contribution in [3.05, 3.63) is 12.0 Å². The van der Waals surface area contributed by atoms with Gasteiger partial charge < -0.3 is 14.4 Å². The molecule has 0 aromatic carbocycles. The molecule has 1 heterocycles. The van der Waals surface area contributed by atoms with Crippen molar-refractivity contribution < 1.29 is 14.3 Å². The van der Waals surface area contributed by atoms with E-state index in [4.69, 9.17) is 9.52 Å². The van der Waals surface area contributed by atoms with Crippen molar-refractivity contribution >= 4 is 12.0 Å². The summed E-state index contributed by atoms with van der Waals surface area (Å²) < 4.78 is 5.05. The van der Waals surface area contributed by atoms with Crippen LogP contribution in [0.15, 0.2) is 10.7 Å². The van der Waals surface area contributed by atoms with Crippen LogP contribution in [-0.2, 0) is 0 Å². The molecule has 1 N–H and O–H groups in total. The minimum absolute atomic E-state index is 0.0488. The zero-order valence-electron chi connectivity index (χ0n) is 9.06. The maximum atomic E-state index is 10.6. The quantitative estimate of drug-likeness (QED) is 0.730. The highest BCUT2D eigenvalue weighted by molar-refractivity contribution is 5.85. The number of carboxylic acid groups (broad SMARTS) is 1. The van der Waals surface area contributed by atoms with Crippen molar-refractivity contribution in [2.45, 2.75) is 26.2 Å². The molecule has 0 amide bonds. The molecule has 0 saturated heterocycles. The molecular formula is C10H16N2O3. The lowest BCUT2D eigenvalue weighted by Gasteiger charge is -2.13. The van der Waals surface area contributed by atoms with Gasteiger partial charge in [-0.3, -0.25) is 0 Å². The molecule has 1 aromatic heterocycles. The summed E-state index contributed by atoms with van der Waals surface area (Å²) >= 11 is 0. The molecule has 0 spiro atoms. The molecule has 0 aliphatic rings. The van der Waals surface area contributed by atoms with Gasteiger partial charge in [-0.2, -0.15) is 4.98 Å². The number of rotatable bonds is 6. The summed E-state index contributed by atoms with van der Waals surface area (Å²) in [5.41, 5.74) is -0.0488. The normalized spacial score (nSPS) is 10.3. The molecule has 1 rings (SSSR count). The lowest BCUT2D eigenvalue weighted by atomic mass is 10.2. The molecule has 0 atom stereocenters. The van der Waals surface area contributed by atoms with Crippen molar-refractivity contribution in [3.8, 4) is 0 Å². The highest BCUT2D eigenvalue weighted by atomic mass is 16.4. The van der Waals surface area contributed by atoms with Gasteiger partial charge in [0.05, 0.1) is 0 Å². The first-order valence-electron chi connectivity index (χ1n) is 5.05. The van der Waals surface area contributed by atoms with Gasteiger partial charge in [0.1, 0.15) is 6.26 Å². The van der Waals surface area contributed by atoms with Gasteiger partial charge in [-0.05, 0) is 6.42 Å². The number of hydrogen-bond acceptors (Lipinski definition) is 4. The van der Waals surface area contributed by atoms with Gasteiger partial charge in [-0.1, -0.05) is 19.8 Å². The fourth-order valence-electron chi connectivity index (χ4n) is 1.23.